The Morgan fingerprint density at radius 1 is 0.541 bits per heavy atom. The van der Waals surface area contributed by atoms with Crippen LogP contribution in [0.5, 0.6) is 11.5 Å². The van der Waals surface area contributed by atoms with Crippen LogP contribution in [0.3, 0.4) is 0 Å². The topological polar surface area (TPSA) is 97.5 Å². The molecule has 0 unspecified atom stereocenters. The largest absolute Gasteiger partial charge is 0.508 e. The molecule has 8 rings (SSSR count). The molecule has 2 aromatic heterocycles. The van der Waals surface area contributed by atoms with Crippen LogP contribution in [0.15, 0.2) is 195 Å². The van der Waals surface area contributed by atoms with Crippen LogP contribution in [0.1, 0.15) is 31.8 Å². The monoisotopic (exact) mass is 836 g/mol. The lowest BCUT2D eigenvalue weighted by molar-refractivity contribution is 0.101. The van der Waals surface area contributed by atoms with Gasteiger partial charge in [-0.3, -0.25) is 9.59 Å². The number of hydrogen-bond acceptors (Lipinski definition) is 4. The summed E-state index contributed by atoms with van der Waals surface area (Å²) in [5.74, 6) is -0.0509. The van der Waals surface area contributed by atoms with Gasteiger partial charge in [0.2, 0.25) is 0 Å². The SMILES string of the molecule is ClCCc1ccccc1.O=C(Nc1cc(F)ccc1-n1cccc1)c1ccc(O)cc1.O=C(Nc1cc(F)ccc1-n1cccc1)c1ccc(OCCc2ccccc2)cc1. The molecule has 0 aliphatic heterocycles. The maximum Gasteiger partial charge on any atom is 0.255 e. The highest BCUT2D eigenvalue weighted by atomic mass is 35.5. The van der Waals surface area contributed by atoms with E-state index in [1.807, 2.05) is 90.0 Å². The van der Waals surface area contributed by atoms with Crippen molar-refractivity contribution in [3.05, 3.63) is 229 Å². The summed E-state index contributed by atoms with van der Waals surface area (Å²) >= 11 is 5.54. The van der Waals surface area contributed by atoms with Crippen LogP contribution in [0.4, 0.5) is 20.2 Å². The van der Waals surface area contributed by atoms with Crippen molar-refractivity contribution in [2.45, 2.75) is 12.8 Å². The summed E-state index contributed by atoms with van der Waals surface area (Å²) in [6, 6.07) is 49.1. The van der Waals surface area contributed by atoms with Gasteiger partial charge in [-0.05, 0) is 127 Å². The first kappa shape index (κ1) is 43.2. The third kappa shape index (κ3) is 13.0. The first-order chi connectivity index (χ1) is 29.7. The molecule has 0 radical (unpaired) electrons. The summed E-state index contributed by atoms with van der Waals surface area (Å²) in [5.41, 5.74) is 5.49. The smallest absolute Gasteiger partial charge is 0.255 e. The number of amides is 2. The fourth-order valence-corrected chi connectivity index (χ4v) is 6.27. The second kappa shape index (κ2) is 22.1. The van der Waals surface area contributed by atoms with E-state index in [4.69, 9.17) is 16.3 Å². The number of phenols is 1. The van der Waals surface area contributed by atoms with E-state index in [0.29, 0.717) is 52.1 Å². The molecule has 2 amide bonds. The lowest BCUT2D eigenvalue weighted by Crippen LogP contribution is -2.14. The third-order valence-corrected chi connectivity index (χ3v) is 9.34. The van der Waals surface area contributed by atoms with Crippen LogP contribution in [0.2, 0.25) is 0 Å². The summed E-state index contributed by atoms with van der Waals surface area (Å²) in [5, 5.41) is 14.7. The molecule has 0 aliphatic rings. The van der Waals surface area contributed by atoms with Crippen molar-refractivity contribution >= 4 is 34.8 Å². The molecule has 11 heteroatoms. The zero-order valence-corrected chi connectivity index (χ0v) is 33.8. The first-order valence-electron chi connectivity index (χ1n) is 19.4. The number of carbonyl (C=O) groups is 2. The summed E-state index contributed by atoms with van der Waals surface area (Å²) in [6.45, 7) is 0.555. The van der Waals surface area contributed by atoms with Gasteiger partial charge in [-0.1, -0.05) is 60.7 Å². The summed E-state index contributed by atoms with van der Waals surface area (Å²) in [4.78, 5) is 24.9. The number of ether oxygens (including phenoxy) is 1. The minimum absolute atomic E-state index is 0.0790. The molecule has 6 aromatic carbocycles. The Balaban J connectivity index is 0.000000175. The van der Waals surface area contributed by atoms with E-state index in [1.54, 1.807) is 41.0 Å². The van der Waals surface area contributed by atoms with Crippen molar-refractivity contribution < 1.29 is 28.2 Å². The number of aryl methyl sites for hydroxylation is 1. The van der Waals surface area contributed by atoms with Crippen molar-refractivity contribution in [3.63, 3.8) is 0 Å². The molecule has 61 heavy (non-hydrogen) atoms. The van der Waals surface area contributed by atoms with Crippen LogP contribution >= 0.6 is 11.6 Å². The van der Waals surface area contributed by atoms with Gasteiger partial charge in [0.1, 0.15) is 23.1 Å². The maximum atomic E-state index is 13.8. The van der Waals surface area contributed by atoms with Crippen LogP contribution in [0, 0.1) is 11.6 Å². The Bertz CT molecular complexity index is 2570. The van der Waals surface area contributed by atoms with E-state index >= 15 is 0 Å². The van der Waals surface area contributed by atoms with E-state index in [2.05, 4.69) is 34.9 Å². The summed E-state index contributed by atoms with van der Waals surface area (Å²) in [7, 11) is 0. The summed E-state index contributed by atoms with van der Waals surface area (Å²) < 4.78 is 36.6. The van der Waals surface area contributed by atoms with Gasteiger partial charge in [0.15, 0.2) is 0 Å². The highest BCUT2D eigenvalue weighted by Crippen LogP contribution is 2.25. The number of halogens is 3. The van der Waals surface area contributed by atoms with Crippen LogP contribution in [0.25, 0.3) is 11.4 Å². The average molecular weight is 837 g/mol. The molecule has 0 saturated heterocycles. The minimum Gasteiger partial charge on any atom is -0.508 e. The van der Waals surface area contributed by atoms with Crippen molar-refractivity contribution in [2.24, 2.45) is 0 Å². The molecule has 0 atom stereocenters. The number of carbonyl (C=O) groups excluding carboxylic acids is 2. The molecule has 308 valence electrons. The van der Waals surface area contributed by atoms with E-state index in [0.717, 1.165) is 12.8 Å². The van der Waals surface area contributed by atoms with Gasteiger partial charge in [0, 0.05) is 48.2 Å². The molecular formula is C50H43ClF2N4O4. The number of hydrogen-bond donors (Lipinski definition) is 3. The predicted octanol–water partition coefficient (Wildman–Crippen LogP) is 11.5. The lowest BCUT2D eigenvalue weighted by atomic mass is 10.1. The Labute approximate surface area is 358 Å². The van der Waals surface area contributed by atoms with Gasteiger partial charge in [-0.2, -0.15) is 0 Å². The number of nitrogens with zero attached hydrogens (tertiary/aromatic N) is 2. The van der Waals surface area contributed by atoms with E-state index < -0.39 is 11.6 Å². The number of aromatic hydroxyl groups is 1. The van der Waals surface area contributed by atoms with Gasteiger partial charge in [0.25, 0.3) is 11.8 Å². The summed E-state index contributed by atoms with van der Waals surface area (Å²) in [6.07, 6.45) is 9.08. The molecule has 8 nitrogen and oxygen atoms in total. The minimum atomic E-state index is -0.433. The fraction of sp³-hybridized carbons (Fsp3) is 0.0800. The van der Waals surface area contributed by atoms with E-state index in [-0.39, 0.29) is 17.6 Å². The number of anilines is 2. The van der Waals surface area contributed by atoms with Gasteiger partial charge >= 0.3 is 0 Å². The Hall–Kier alpha value is -7.43. The fourth-order valence-electron chi connectivity index (χ4n) is 6.05. The Kier molecular flexibility index (Phi) is 15.6. The second-order valence-corrected chi connectivity index (χ2v) is 13.9. The third-order valence-electron chi connectivity index (χ3n) is 9.15. The van der Waals surface area contributed by atoms with Gasteiger partial charge < -0.3 is 29.6 Å². The van der Waals surface area contributed by atoms with Gasteiger partial charge in [-0.25, -0.2) is 8.78 Å². The van der Waals surface area contributed by atoms with Crippen molar-refractivity contribution in [2.75, 3.05) is 23.1 Å². The quantitative estimate of drug-likeness (QED) is 0.107. The number of phenolic OH excluding ortho intramolecular Hbond substituents is 1. The van der Waals surface area contributed by atoms with Crippen LogP contribution < -0.4 is 15.4 Å². The zero-order chi connectivity index (χ0) is 42.8. The van der Waals surface area contributed by atoms with Crippen LogP contribution in [-0.2, 0) is 12.8 Å². The average Bonchev–Trinajstić information content (AvgIpc) is 4.02. The van der Waals surface area contributed by atoms with E-state index in [9.17, 15) is 23.5 Å². The van der Waals surface area contributed by atoms with Crippen molar-refractivity contribution in [1.29, 1.82) is 0 Å². The number of rotatable bonds is 12. The molecule has 0 aliphatic carbocycles. The van der Waals surface area contributed by atoms with Crippen molar-refractivity contribution in [3.8, 4) is 22.9 Å². The van der Waals surface area contributed by atoms with Gasteiger partial charge in [-0.15, -0.1) is 11.6 Å². The number of nitrogens with one attached hydrogen (secondary N) is 2. The number of benzene rings is 6. The van der Waals surface area contributed by atoms with Crippen LogP contribution in [-0.4, -0.2) is 38.5 Å². The molecule has 0 saturated carbocycles. The maximum absolute atomic E-state index is 13.8. The molecule has 0 bridgehead atoms. The highest BCUT2D eigenvalue weighted by Gasteiger charge is 2.13. The molecular weight excluding hydrogens is 794 g/mol. The first-order valence-corrected chi connectivity index (χ1v) is 19.9. The molecule has 3 N–H and O–H groups in total. The Morgan fingerprint density at radius 2 is 0.967 bits per heavy atom. The number of alkyl halides is 1. The normalized spacial score (nSPS) is 10.3. The number of aromatic nitrogens is 2. The zero-order valence-electron chi connectivity index (χ0n) is 33.0. The molecule has 8 aromatic rings. The standard InChI is InChI=1S/C25H21FN2O2.C17H13FN2O2.C8H9Cl/c26-21-10-13-24(28-15-4-5-16-28)23(18-21)27-25(29)20-8-11-22(12-9-20)30-17-14-19-6-2-1-3-7-19;18-13-5-8-16(20-9-1-2-10-20)15(11-13)19-17(22)12-3-6-14(21)7-4-12;9-7-6-8-4-2-1-3-5-8/h1-13,15-16,18H,14,17H2,(H,27,29);1-11,21H,(H,19,22);1-5H,6-7H2. The highest BCUT2D eigenvalue weighted by molar-refractivity contribution is 6.18. The molecule has 0 fully saturated rings. The van der Waals surface area contributed by atoms with Gasteiger partial charge in [0.05, 0.1) is 29.4 Å². The van der Waals surface area contributed by atoms with Crippen molar-refractivity contribution in [1.82, 2.24) is 9.13 Å². The molecule has 2 heterocycles. The van der Waals surface area contributed by atoms with E-state index in [1.165, 1.54) is 59.7 Å². The molecule has 0 spiro atoms. The second-order valence-electron chi connectivity index (χ2n) is 13.5. The lowest BCUT2D eigenvalue weighted by Gasteiger charge is -2.13. The Morgan fingerprint density at radius 3 is 1.41 bits per heavy atom. The predicted molar refractivity (Wildman–Crippen MR) is 238 cm³/mol.